The fourth-order valence-electron chi connectivity index (χ4n) is 1.07. The highest BCUT2D eigenvalue weighted by atomic mass is 16.5. The predicted molar refractivity (Wildman–Crippen MR) is 55.1 cm³/mol. The lowest BCUT2D eigenvalue weighted by Crippen LogP contribution is -2.33. The minimum Gasteiger partial charge on any atom is -0.383 e. The minimum atomic E-state index is 0.0572. The lowest BCUT2D eigenvalue weighted by Gasteiger charge is -2.15. The number of nitrogens with zero attached hydrogens (tertiary/aromatic N) is 2. The number of hydrogen-bond donors (Lipinski definition) is 2. The molecule has 0 aliphatic heterocycles. The van der Waals surface area contributed by atoms with Crippen LogP contribution in [-0.2, 0) is 4.74 Å². The van der Waals surface area contributed by atoms with Crippen LogP contribution >= 0.6 is 0 Å². The molecule has 0 aromatic carbocycles. The minimum absolute atomic E-state index is 0.0572. The Hall–Kier alpha value is -1.20. The number of nitrogens with two attached hydrogens (primary N) is 1. The van der Waals surface area contributed by atoms with Crippen molar-refractivity contribution in [2.45, 2.75) is 13.0 Å². The van der Waals surface area contributed by atoms with Crippen molar-refractivity contribution in [3.63, 3.8) is 0 Å². The van der Waals surface area contributed by atoms with Crippen LogP contribution in [0.2, 0.25) is 0 Å². The molecule has 0 bridgehead atoms. The van der Waals surface area contributed by atoms with Crippen LogP contribution in [0.3, 0.4) is 0 Å². The number of aryl methyl sites for hydroxylation is 1. The summed E-state index contributed by atoms with van der Waals surface area (Å²) in [5.41, 5.74) is 6.47. The van der Waals surface area contributed by atoms with E-state index in [2.05, 4.69) is 15.3 Å². The molecule has 0 saturated heterocycles. The Morgan fingerprint density at radius 2 is 2.43 bits per heavy atom. The zero-order valence-electron chi connectivity index (χ0n) is 8.53. The van der Waals surface area contributed by atoms with Gasteiger partial charge in [-0.25, -0.2) is 9.97 Å². The maximum Gasteiger partial charge on any atom is 0.223 e. The van der Waals surface area contributed by atoms with Gasteiger partial charge in [-0.15, -0.1) is 0 Å². The van der Waals surface area contributed by atoms with Crippen molar-refractivity contribution < 1.29 is 4.74 Å². The molecule has 0 amide bonds. The molecule has 0 saturated carbocycles. The third kappa shape index (κ3) is 3.27. The van der Waals surface area contributed by atoms with E-state index in [9.17, 15) is 0 Å². The van der Waals surface area contributed by atoms with Gasteiger partial charge in [-0.05, 0) is 13.0 Å². The molecule has 14 heavy (non-hydrogen) atoms. The normalized spacial score (nSPS) is 12.5. The maximum atomic E-state index is 5.55. The van der Waals surface area contributed by atoms with Crippen LogP contribution in [0.4, 0.5) is 5.95 Å². The molecule has 5 heteroatoms. The second-order valence-corrected chi connectivity index (χ2v) is 3.05. The lowest BCUT2D eigenvalue weighted by atomic mass is 10.3. The van der Waals surface area contributed by atoms with Gasteiger partial charge in [0.25, 0.3) is 0 Å². The van der Waals surface area contributed by atoms with Crippen LogP contribution in [0.1, 0.15) is 5.69 Å². The first kappa shape index (κ1) is 10.9. The van der Waals surface area contributed by atoms with Crippen molar-refractivity contribution >= 4 is 5.95 Å². The maximum absolute atomic E-state index is 5.55. The van der Waals surface area contributed by atoms with Gasteiger partial charge in [0.1, 0.15) is 0 Å². The molecule has 1 aromatic heterocycles. The first-order chi connectivity index (χ1) is 6.76. The van der Waals surface area contributed by atoms with Crippen molar-refractivity contribution in [3.05, 3.63) is 18.0 Å². The average molecular weight is 196 g/mol. The summed E-state index contributed by atoms with van der Waals surface area (Å²) in [7, 11) is 1.64. The molecule has 0 aliphatic rings. The number of nitrogens with one attached hydrogen (secondary N) is 1. The summed E-state index contributed by atoms with van der Waals surface area (Å²) in [5, 5.41) is 3.10. The van der Waals surface area contributed by atoms with Gasteiger partial charge >= 0.3 is 0 Å². The molecular weight excluding hydrogens is 180 g/mol. The summed E-state index contributed by atoms with van der Waals surface area (Å²) in [6.45, 7) is 2.96. The number of rotatable bonds is 5. The summed E-state index contributed by atoms with van der Waals surface area (Å²) in [6.07, 6.45) is 1.71. The molecular formula is C9H16N4O. The largest absolute Gasteiger partial charge is 0.383 e. The lowest BCUT2D eigenvalue weighted by molar-refractivity contribution is 0.187. The van der Waals surface area contributed by atoms with Gasteiger partial charge in [0.15, 0.2) is 0 Å². The second kappa shape index (κ2) is 5.51. The highest BCUT2D eigenvalue weighted by Crippen LogP contribution is 2.00. The molecule has 1 unspecified atom stereocenters. The average Bonchev–Trinajstić information content (AvgIpc) is 2.17. The predicted octanol–water partition coefficient (Wildman–Crippen LogP) is 0.171. The number of ether oxygens (including phenoxy) is 1. The first-order valence-electron chi connectivity index (χ1n) is 4.51. The summed E-state index contributed by atoms with van der Waals surface area (Å²) in [6, 6.07) is 1.90. The zero-order valence-corrected chi connectivity index (χ0v) is 8.53. The van der Waals surface area contributed by atoms with E-state index in [0.717, 1.165) is 5.69 Å². The van der Waals surface area contributed by atoms with E-state index in [1.807, 2.05) is 13.0 Å². The molecule has 3 N–H and O–H groups in total. The van der Waals surface area contributed by atoms with E-state index >= 15 is 0 Å². The van der Waals surface area contributed by atoms with Gasteiger partial charge in [-0.1, -0.05) is 0 Å². The molecule has 0 radical (unpaired) electrons. The third-order valence-corrected chi connectivity index (χ3v) is 1.78. The molecule has 78 valence electrons. The Kier molecular flexibility index (Phi) is 4.28. The Balaban J connectivity index is 2.57. The fourth-order valence-corrected chi connectivity index (χ4v) is 1.07. The molecule has 1 rings (SSSR count). The van der Waals surface area contributed by atoms with Gasteiger partial charge in [0.2, 0.25) is 5.95 Å². The van der Waals surface area contributed by atoms with Crippen LogP contribution in [-0.4, -0.2) is 36.3 Å². The Morgan fingerprint density at radius 1 is 1.64 bits per heavy atom. The van der Waals surface area contributed by atoms with Gasteiger partial charge in [0.05, 0.1) is 12.6 Å². The standard InChI is InChI=1S/C9H16N4O/c1-7-3-4-11-9(12-7)13-8(5-10)6-14-2/h3-4,8H,5-6,10H2,1-2H3,(H,11,12,13). The van der Waals surface area contributed by atoms with Crippen LogP contribution < -0.4 is 11.1 Å². The third-order valence-electron chi connectivity index (χ3n) is 1.78. The monoisotopic (exact) mass is 196 g/mol. The highest BCUT2D eigenvalue weighted by molar-refractivity contribution is 5.26. The molecule has 1 atom stereocenters. The zero-order chi connectivity index (χ0) is 10.4. The molecule has 1 heterocycles. The van der Waals surface area contributed by atoms with Crippen molar-refractivity contribution in [2.24, 2.45) is 5.73 Å². The number of hydrogen-bond acceptors (Lipinski definition) is 5. The number of aromatic nitrogens is 2. The smallest absolute Gasteiger partial charge is 0.223 e. The van der Waals surface area contributed by atoms with Crippen molar-refractivity contribution in [3.8, 4) is 0 Å². The molecule has 1 aromatic rings. The Bertz CT molecular complexity index is 279. The number of anilines is 1. The van der Waals surface area contributed by atoms with E-state index in [1.165, 1.54) is 0 Å². The van der Waals surface area contributed by atoms with Gasteiger partial charge in [-0.3, -0.25) is 0 Å². The topological polar surface area (TPSA) is 73.1 Å². The number of methoxy groups -OCH3 is 1. The van der Waals surface area contributed by atoms with Crippen molar-refractivity contribution in [1.29, 1.82) is 0 Å². The van der Waals surface area contributed by atoms with E-state index < -0.39 is 0 Å². The van der Waals surface area contributed by atoms with Crippen LogP contribution in [0.25, 0.3) is 0 Å². The van der Waals surface area contributed by atoms with Crippen molar-refractivity contribution in [1.82, 2.24) is 9.97 Å². The van der Waals surface area contributed by atoms with Gasteiger partial charge < -0.3 is 15.8 Å². The molecule has 0 aliphatic carbocycles. The van der Waals surface area contributed by atoms with E-state index in [0.29, 0.717) is 19.1 Å². The highest BCUT2D eigenvalue weighted by Gasteiger charge is 2.06. The first-order valence-corrected chi connectivity index (χ1v) is 4.51. The second-order valence-electron chi connectivity index (χ2n) is 3.05. The summed E-state index contributed by atoms with van der Waals surface area (Å²) in [4.78, 5) is 8.29. The van der Waals surface area contributed by atoms with Crippen LogP contribution in [0.15, 0.2) is 12.3 Å². The SMILES string of the molecule is COCC(CN)Nc1nccc(C)n1. The van der Waals surface area contributed by atoms with Crippen LogP contribution in [0.5, 0.6) is 0 Å². The Morgan fingerprint density at radius 3 is 3.00 bits per heavy atom. The van der Waals surface area contributed by atoms with E-state index in [4.69, 9.17) is 10.5 Å². The van der Waals surface area contributed by atoms with Crippen LogP contribution in [0, 0.1) is 6.92 Å². The summed E-state index contributed by atoms with van der Waals surface area (Å²) >= 11 is 0. The fraction of sp³-hybridized carbons (Fsp3) is 0.556. The summed E-state index contributed by atoms with van der Waals surface area (Å²) in [5.74, 6) is 0.595. The Labute approximate surface area is 83.7 Å². The van der Waals surface area contributed by atoms with E-state index in [1.54, 1.807) is 13.3 Å². The molecule has 0 fully saturated rings. The van der Waals surface area contributed by atoms with Crippen molar-refractivity contribution in [2.75, 3.05) is 25.6 Å². The summed E-state index contributed by atoms with van der Waals surface area (Å²) < 4.78 is 5.00. The van der Waals surface area contributed by atoms with E-state index in [-0.39, 0.29) is 6.04 Å². The van der Waals surface area contributed by atoms with Gasteiger partial charge in [0, 0.05) is 25.5 Å². The molecule has 5 nitrogen and oxygen atoms in total. The van der Waals surface area contributed by atoms with Gasteiger partial charge in [-0.2, -0.15) is 0 Å². The quantitative estimate of drug-likeness (QED) is 0.702. The molecule has 0 spiro atoms.